The van der Waals surface area contributed by atoms with E-state index in [0.717, 1.165) is 36.8 Å². The van der Waals surface area contributed by atoms with E-state index in [2.05, 4.69) is 20.2 Å². The number of methoxy groups -OCH3 is 1. The van der Waals surface area contributed by atoms with E-state index >= 15 is 0 Å². The molecule has 2 aliphatic heterocycles. The van der Waals surface area contributed by atoms with Crippen molar-refractivity contribution in [2.45, 2.75) is 49.9 Å². The molecule has 2 aliphatic rings. The number of amides is 1. The Morgan fingerprint density at radius 3 is 2.78 bits per heavy atom. The number of carboxylic acid groups (broad SMARTS) is 1. The second kappa shape index (κ2) is 7.28. The Hall–Kier alpha value is -2.45. The highest BCUT2D eigenvalue weighted by Gasteiger charge is 2.41. The third-order valence-electron chi connectivity index (χ3n) is 5.75. The molecule has 0 spiro atoms. The molecule has 3 heterocycles. The maximum atomic E-state index is 10.9. The van der Waals surface area contributed by atoms with Crippen molar-refractivity contribution in [3.05, 3.63) is 30.0 Å². The molecule has 4 rings (SSSR count). The van der Waals surface area contributed by atoms with Crippen LogP contribution in [0.25, 0.3) is 11.0 Å². The Morgan fingerprint density at radius 1 is 1.37 bits per heavy atom. The van der Waals surface area contributed by atoms with Gasteiger partial charge in [0.2, 0.25) is 5.88 Å². The Labute approximate surface area is 157 Å². The molecule has 144 valence electrons. The topological polar surface area (TPSA) is 108 Å². The van der Waals surface area contributed by atoms with Gasteiger partial charge >= 0.3 is 6.09 Å². The van der Waals surface area contributed by atoms with E-state index in [1.165, 1.54) is 0 Å². The normalized spacial score (nSPS) is 26.1. The maximum absolute atomic E-state index is 10.9. The average molecular weight is 372 g/mol. The molecule has 2 aromatic rings. The molecule has 1 aromatic carbocycles. The molecule has 27 heavy (non-hydrogen) atoms. The van der Waals surface area contributed by atoms with Crippen LogP contribution in [0.4, 0.5) is 4.79 Å². The van der Waals surface area contributed by atoms with E-state index in [0.29, 0.717) is 30.0 Å². The number of hydrogen-bond donors (Lipinski definition) is 3. The summed E-state index contributed by atoms with van der Waals surface area (Å²) in [7, 11) is 1.54. The van der Waals surface area contributed by atoms with Gasteiger partial charge in [0.1, 0.15) is 0 Å². The van der Waals surface area contributed by atoms with Crippen LogP contribution in [0, 0.1) is 0 Å². The monoisotopic (exact) mass is 372 g/mol. The number of rotatable bonds is 5. The molecule has 3 atom stereocenters. The minimum atomic E-state index is -0.962. The van der Waals surface area contributed by atoms with Crippen molar-refractivity contribution in [2.24, 2.45) is 0 Å². The number of nitrogens with zero attached hydrogens (tertiary/aromatic N) is 3. The quantitative estimate of drug-likeness (QED) is 0.736. The van der Waals surface area contributed by atoms with E-state index in [1.807, 2.05) is 18.2 Å². The summed E-state index contributed by atoms with van der Waals surface area (Å²) in [5.74, 6) is 0.419. The second-order valence-electron chi connectivity index (χ2n) is 7.34. The largest absolute Gasteiger partial charge is 0.480 e. The molecule has 0 radical (unpaired) electrons. The summed E-state index contributed by atoms with van der Waals surface area (Å²) in [6.07, 6.45) is 3.57. The number of piperidine rings is 1. The van der Waals surface area contributed by atoms with Crippen LogP contribution in [0.15, 0.2) is 24.4 Å². The van der Waals surface area contributed by atoms with Crippen LogP contribution in [0.5, 0.6) is 5.88 Å². The molecule has 8 heteroatoms. The highest BCUT2D eigenvalue weighted by molar-refractivity contribution is 5.78. The Morgan fingerprint density at radius 2 is 2.11 bits per heavy atom. The molecule has 3 unspecified atom stereocenters. The molecule has 0 saturated carbocycles. The van der Waals surface area contributed by atoms with Gasteiger partial charge < -0.3 is 20.3 Å². The van der Waals surface area contributed by atoms with Gasteiger partial charge in [-0.3, -0.25) is 4.90 Å². The Kier molecular flexibility index (Phi) is 4.84. The number of para-hydroxylation sites is 1. The number of nitrogens with one attached hydrogen (secondary N) is 1. The lowest BCUT2D eigenvalue weighted by atomic mass is 9.96. The zero-order valence-electron chi connectivity index (χ0n) is 15.2. The highest BCUT2D eigenvalue weighted by Crippen LogP contribution is 2.37. The summed E-state index contributed by atoms with van der Waals surface area (Å²) in [6.45, 7) is 0.507. The summed E-state index contributed by atoms with van der Waals surface area (Å²) in [4.78, 5) is 22.1. The number of hydrogen-bond acceptors (Lipinski definition) is 6. The van der Waals surface area contributed by atoms with Gasteiger partial charge in [0.15, 0.2) is 0 Å². The fourth-order valence-corrected chi connectivity index (χ4v) is 4.57. The van der Waals surface area contributed by atoms with Gasteiger partial charge in [-0.05, 0) is 31.7 Å². The van der Waals surface area contributed by atoms with Gasteiger partial charge in [0.05, 0.1) is 30.4 Å². The number of aromatic nitrogens is 2. The van der Waals surface area contributed by atoms with Crippen molar-refractivity contribution < 1.29 is 19.7 Å². The van der Waals surface area contributed by atoms with Crippen molar-refractivity contribution in [3.63, 3.8) is 0 Å². The van der Waals surface area contributed by atoms with Crippen molar-refractivity contribution in [1.29, 1.82) is 0 Å². The van der Waals surface area contributed by atoms with Gasteiger partial charge in [0.25, 0.3) is 0 Å². The predicted molar refractivity (Wildman–Crippen MR) is 98.7 cm³/mol. The number of ether oxygens (including phenoxy) is 1. The molecule has 2 fully saturated rings. The minimum Gasteiger partial charge on any atom is -0.480 e. The van der Waals surface area contributed by atoms with E-state index in [9.17, 15) is 9.90 Å². The molecule has 8 nitrogen and oxygen atoms in total. The third-order valence-corrected chi connectivity index (χ3v) is 5.75. The number of carbonyl (C=O) groups is 1. The number of aliphatic hydroxyl groups is 1. The average Bonchev–Trinajstić information content (AvgIpc) is 2.88. The van der Waals surface area contributed by atoms with Crippen molar-refractivity contribution in [3.8, 4) is 5.88 Å². The van der Waals surface area contributed by atoms with Crippen LogP contribution in [0.2, 0.25) is 0 Å². The molecule has 1 amide bonds. The standard InChI is InChI=1S/C19H24N4O4/c1-27-17-9-20-15-4-2-3-14(18(15)22-17)16(24)10-23-12-5-6-13(23)8-11(7-12)21-19(25)26/h2-4,9,11-13,16,21,24H,5-8,10H2,1H3,(H,25,26). The van der Waals surface area contributed by atoms with Gasteiger partial charge in [-0.25, -0.2) is 14.8 Å². The van der Waals surface area contributed by atoms with Gasteiger partial charge in [0, 0.05) is 30.2 Å². The van der Waals surface area contributed by atoms with E-state index in [-0.39, 0.29) is 6.04 Å². The second-order valence-corrected chi connectivity index (χ2v) is 7.34. The van der Waals surface area contributed by atoms with Gasteiger partial charge in [-0.2, -0.15) is 0 Å². The first kappa shape index (κ1) is 17.9. The van der Waals surface area contributed by atoms with E-state index < -0.39 is 12.2 Å². The van der Waals surface area contributed by atoms with E-state index in [4.69, 9.17) is 9.84 Å². The number of benzene rings is 1. The van der Waals surface area contributed by atoms with Crippen molar-refractivity contribution >= 4 is 17.1 Å². The van der Waals surface area contributed by atoms with Gasteiger partial charge in [-0.15, -0.1) is 0 Å². The lowest BCUT2D eigenvalue weighted by molar-refractivity contribution is 0.0523. The molecule has 3 N–H and O–H groups in total. The fraction of sp³-hybridized carbons (Fsp3) is 0.526. The number of aliphatic hydroxyl groups excluding tert-OH is 1. The minimum absolute atomic E-state index is 0.000996. The third kappa shape index (κ3) is 3.54. The van der Waals surface area contributed by atoms with Crippen LogP contribution in [-0.4, -0.2) is 63.0 Å². The zero-order chi connectivity index (χ0) is 19.0. The first-order chi connectivity index (χ1) is 13.0. The molecule has 2 bridgehead atoms. The van der Waals surface area contributed by atoms with E-state index in [1.54, 1.807) is 13.3 Å². The molecule has 1 aromatic heterocycles. The summed E-state index contributed by atoms with van der Waals surface area (Å²) >= 11 is 0. The van der Waals surface area contributed by atoms with Gasteiger partial charge in [-0.1, -0.05) is 12.1 Å². The van der Waals surface area contributed by atoms with Crippen LogP contribution >= 0.6 is 0 Å². The molecule has 2 saturated heterocycles. The summed E-state index contributed by atoms with van der Waals surface area (Å²) in [5.41, 5.74) is 2.11. The highest BCUT2D eigenvalue weighted by atomic mass is 16.5. The van der Waals surface area contributed by atoms with Crippen molar-refractivity contribution in [1.82, 2.24) is 20.2 Å². The summed E-state index contributed by atoms with van der Waals surface area (Å²) in [6, 6.07) is 6.21. The SMILES string of the molecule is COc1cnc2cccc(C(O)CN3C4CCC3CC(NC(=O)O)C4)c2n1. The number of fused-ring (bicyclic) bond motifs is 3. The lowest BCUT2D eigenvalue weighted by Gasteiger charge is -2.39. The summed E-state index contributed by atoms with van der Waals surface area (Å²) in [5, 5.41) is 22.5. The predicted octanol–water partition coefficient (Wildman–Crippen LogP) is 1.93. The first-order valence-electron chi connectivity index (χ1n) is 9.28. The van der Waals surface area contributed by atoms with Crippen LogP contribution in [0.3, 0.4) is 0 Å². The van der Waals surface area contributed by atoms with Crippen LogP contribution in [-0.2, 0) is 0 Å². The smallest absolute Gasteiger partial charge is 0.404 e. The summed E-state index contributed by atoms with van der Waals surface area (Å²) < 4.78 is 5.17. The Balaban J connectivity index is 1.52. The molecular formula is C19H24N4O4. The van der Waals surface area contributed by atoms with Crippen molar-refractivity contribution in [2.75, 3.05) is 13.7 Å². The van der Waals surface area contributed by atoms with Crippen LogP contribution in [0.1, 0.15) is 37.4 Å². The Bertz CT molecular complexity index is 832. The first-order valence-corrected chi connectivity index (χ1v) is 9.28. The lowest BCUT2D eigenvalue weighted by Crippen LogP contribution is -2.51. The zero-order valence-corrected chi connectivity index (χ0v) is 15.2. The molecule has 0 aliphatic carbocycles. The van der Waals surface area contributed by atoms with Crippen LogP contribution < -0.4 is 10.1 Å². The fourth-order valence-electron chi connectivity index (χ4n) is 4.57. The maximum Gasteiger partial charge on any atom is 0.404 e. The molecular weight excluding hydrogens is 348 g/mol.